The molecule has 0 radical (unpaired) electrons. The van der Waals surface area contributed by atoms with Gasteiger partial charge in [-0.3, -0.25) is 14.1 Å². The molecule has 3 aromatic heterocycles. The topological polar surface area (TPSA) is 121 Å². The van der Waals surface area contributed by atoms with Crippen molar-refractivity contribution in [2.45, 2.75) is 45.4 Å². The van der Waals surface area contributed by atoms with Gasteiger partial charge in [-0.25, -0.2) is 14.0 Å². The molecular weight excluding hydrogens is 571 g/mol. The number of carbonyl (C=O) groups is 1. The number of imidazole rings is 1. The third-order valence-electron chi connectivity index (χ3n) is 7.31. The highest BCUT2D eigenvalue weighted by molar-refractivity contribution is 5.81. The van der Waals surface area contributed by atoms with E-state index in [-0.39, 0.29) is 24.2 Å². The third kappa shape index (κ3) is 5.68. The average molecular weight is 602 g/mol. The second-order valence-electron chi connectivity index (χ2n) is 11.5. The first-order valence-electron chi connectivity index (χ1n) is 13.8. The fourth-order valence-electron chi connectivity index (χ4n) is 5.11. The number of pyridine rings is 1. The highest BCUT2D eigenvalue weighted by atomic mass is 19.3. The smallest absolute Gasteiger partial charge is 0.410 e. The summed E-state index contributed by atoms with van der Waals surface area (Å²) >= 11 is 0. The number of ether oxygens (including phenoxy) is 2. The number of aromatic nitrogens is 5. The number of hydrogen-bond donors (Lipinski definition) is 0. The summed E-state index contributed by atoms with van der Waals surface area (Å²) in [5.74, 6) is -1.39. The first kappa shape index (κ1) is 28.7. The van der Waals surface area contributed by atoms with Crippen molar-refractivity contribution in [1.82, 2.24) is 29.2 Å². The van der Waals surface area contributed by atoms with Crippen LogP contribution in [0.5, 0.6) is 0 Å². The molecule has 0 saturated carbocycles. The Balaban J connectivity index is 1.27. The van der Waals surface area contributed by atoms with Gasteiger partial charge in [0.25, 0.3) is 5.89 Å². The van der Waals surface area contributed by atoms with Crippen LogP contribution in [-0.2, 0) is 16.0 Å². The molecule has 1 aromatic carbocycles. The minimum atomic E-state index is -2.89. The van der Waals surface area contributed by atoms with Crippen LogP contribution in [0.3, 0.4) is 0 Å². The molecule has 2 aliphatic rings. The van der Waals surface area contributed by atoms with E-state index in [0.717, 1.165) is 0 Å². The lowest BCUT2D eigenvalue weighted by Crippen LogP contribution is -2.50. The molecule has 228 valence electrons. The van der Waals surface area contributed by atoms with Gasteiger partial charge in [0.1, 0.15) is 11.4 Å². The summed E-state index contributed by atoms with van der Waals surface area (Å²) in [4.78, 5) is 33.9. The Bertz CT molecular complexity index is 1700. The second-order valence-corrected chi connectivity index (χ2v) is 11.5. The minimum absolute atomic E-state index is 0.0374. The highest BCUT2D eigenvalue weighted by Crippen LogP contribution is 2.30. The molecule has 5 heterocycles. The van der Waals surface area contributed by atoms with Crippen LogP contribution in [0.25, 0.3) is 22.5 Å². The number of amides is 1. The zero-order valence-electron chi connectivity index (χ0n) is 23.8. The predicted molar refractivity (Wildman–Crippen MR) is 148 cm³/mol. The van der Waals surface area contributed by atoms with E-state index >= 15 is 4.39 Å². The van der Waals surface area contributed by atoms with E-state index in [1.165, 1.54) is 16.8 Å². The first-order chi connectivity index (χ1) is 20.5. The Kier molecular flexibility index (Phi) is 7.36. The lowest BCUT2D eigenvalue weighted by molar-refractivity contribution is -0.0231. The largest absolute Gasteiger partial charge is 0.444 e. The van der Waals surface area contributed by atoms with E-state index in [2.05, 4.69) is 15.2 Å². The predicted octanol–water partition coefficient (Wildman–Crippen LogP) is 4.00. The monoisotopic (exact) mass is 601 g/mol. The van der Waals surface area contributed by atoms with Gasteiger partial charge in [-0.15, -0.1) is 10.2 Å². The van der Waals surface area contributed by atoms with Gasteiger partial charge in [-0.1, -0.05) is 0 Å². The van der Waals surface area contributed by atoms with Crippen LogP contribution in [0, 0.1) is 5.82 Å². The van der Waals surface area contributed by atoms with Crippen LogP contribution in [0.4, 0.5) is 23.7 Å². The number of fused-ring (bicyclic) bond motifs is 1. The van der Waals surface area contributed by atoms with Crippen LogP contribution in [-0.4, -0.2) is 80.3 Å². The van der Waals surface area contributed by atoms with Gasteiger partial charge in [0, 0.05) is 38.4 Å². The Labute approximate surface area is 243 Å². The SMILES string of the molecule is CC(C)(C)OC(=O)N1CCN(c2cc3c(cc2F)n(Cc2ccc(-c4nnc(C(F)F)o4)cn2)c(=O)n3C2COC2)CC1. The molecule has 0 bridgehead atoms. The van der Waals surface area contributed by atoms with Gasteiger partial charge in [0.2, 0.25) is 5.89 Å². The van der Waals surface area contributed by atoms with E-state index in [1.54, 1.807) is 48.4 Å². The third-order valence-corrected chi connectivity index (χ3v) is 7.31. The molecule has 2 fully saturated rings. The highest BCUT2D eigenvalue weighted by Gasteiger charge is 2.30. The van der Waals surface area contributed by atoms with Gasteiger partial charge in [0.05, 0.1) is 53.8 Å². The molecule has 0 aliphatic carbocycles. The zero-order chi connectivity index (χ0) is 30.5. The summed E-state index contributed by atoms with van der Waals surface area (Å²) in [6.45, 7) is 7.70. The maximum Gasteiger partial charge on any atom is 0.410 e. The maximum atomic E-state index is 15.6. The van der Waals surface area contributed by atoms with Crippen LogP contribution in [0.1, 0.15) is 44.8 Å². The summed E-state index contributed by atoms with van der Waals surface area (Å²) in [7, 11) is 0. The molecule has 0 unspecified atom stereocenters. The van der Waals surface area contributed by atoms with E-state index in [9.17, 15) is 18.4 Å². The lowest BCUT2D eigenvalue weighted by atomic mass is 10.2. The molecule has 15 heteroatoms. The molecule has 2 saturated heterocycles. The van der Waals surface area contributed by atoms with E-state index in [4.69, 9.17) is 13.9 Å². The van der Waals surface area contributed by atoms with Crippen molar-refractivity contribution in [1.29, 1.82) is 0 Å². The summed E-state index contributed by atoms with van der Waals surface area (Å²) in [6.07, 6.45) is -1.91. The van der Waals surface area contributed by atoms with Gasteiger partial charge >= 0.3 is 18.2 Å². The number of piperazine rings is 1. The Morgan fingerprint density at radius 1 is 1.09 bits per heavy atom. The Hall–Kier alpha value is -4.40. The molecule has 0 atom stereocenters. The molecule has 1 amide bonds. The van der Waals surface area contributed by atoms with Crippen molar-refractivity contribution in [3.8, 4) is 11.5 Å². The molecular formula is C28H30F3N7O5. The Morgan fingerprint density at radius 3 is 2.42 bits per heavy atom. The van der Waals surface area contributed by atoms with Crippen molar-refractivity contribution in [2.24, 2.45) is 0 Å². The zero-order valence-corrected chi connectivity index (χ0v) is 23.8. The van der Waals surface area contributed by atoms with Gasteiger partial charge in [-0.05, 0) is 39.0 Å². The summed E-state index contributed by atoms with van der Waals surface area (Å²) in [6, 6.07) is 6.01. The maximum absolute atomic E-state index is 15.6. The number of nitrogens with zero attached hydrogens (tertiary/aromatic N) is 7. The summed E-state index contributed by atoms with van der Waals surface area (Å²) in [5, 5.41) is 6.94. The summed E-state index contributed by atoms with van der Waals surface area (Å²) < 4.78 is 60.1. The number of benzene rings is 1. The average Bonchev–Trinajstić information content (AvgIpc) is 3.52. The van der Waals surface area contributed by atoms with Crippen molar-refractivity contribution in [3.63, 3.8) is 0 Å². The quantitative estimate of drug-likeness (QED) is 0.323. The number of carbonyl (C=O) groups excluding carboxylic acids is 1. The minimum Gasteiger partial charge on any atom is -0.444 e. The number of anilines is 1. The van der Waals surface area contributed by atoms with Crippen LogP contribution in [0.2, 0.25) is 0 Å². The normalized spacial score (nSPS) is 16.3. The fourth-order valence-corrected chi connectivity index (χ4v) is 5.11. The van der Waals surface area contributed by atoms with Gasteiger partial charge < -0.3 is 23.7 Å². The van der Waals surface area contributed by atoms with Crippen molar-refractivity contribution in [2.75, 3.05) is 44.3 Å². The molecule has 43 heavy (non-hydrogen) atoms. The molecule has 6 rings (SSSR count). The molecule has 4 aromatic rings. The number of halogens is 3. The van der Waals surface area contributed by atoms with Crippen molar-refractivity contribution < 1.29 is 31.9 Å². The molecule has 2 aliphatic heterocycles. The van der Waals surface area contributed by atoms with Crippen LogP contribution < -0.4 is 10.6 Å². The van der Waals surface area contributed by atoms with E-state index < -0.39 is 29.8 Å². The van der Waals surface area contributed by atoms with E-state index in [1.807, 2.05) is 4.90 Å². The van der Waals surface area contributed by atoms with Crippen molar-refractivity contribution in [3.05, 3.63) is 58.3 Å². The Morgan fingerprint density at radius 2 is 1.84 bits per heavy atom. The number of hydrogen-bond acceptors (Lipinski definition) is 9. The summed E-state index contributed by atoms with van der Waals surface area (Å²) in [5.41, 5.74) is 1.17. The molecule has 0 N–H and O–H groups in total. The number of alkyl halides is 2. The second kappa shape index (κ2) is 11.0. The van der Waals surface area contributed by atoms with E-state index in [0.29, 0.717) is 67.4 Å². The van der Waals surface area contributed by atoms with Crippen LogP contribution in [0.15, 0.2) is 39.7 Å². The number of rotatable bonds is 6. The van der Waals surface area contributed by atoms with Gasteiger partial charge in [-0.2, -0.15) is 8.78 Å². The van der Waals surface area contributed by atoms with Gasteiger partial charge in [0.15, 0.2) is 0 Å². The lowest BCUT2D eigenvalue weighted by Gasteiger charge is -2.37. The van der Waals surface area contributed by atoms with Crippen LogP contribution >= 0.6 is 0 Å². The molecule has 0 spiro atoms. The van der Waals surface area contributed by atoms with Crippen molar-refractivity contribution >= 4 is 22.8 Å². The first-order valence-corrected chi connectivity index (χ1v) is 13.8. The molecule has 12 nitrogen and oxygen atoms in total. The standard InChI is InChI=1S/C28H30F3N7O5/c1-28(2,3)43-27(40)36-8-6-35(7-9-36)20-11-22-21(10-19(20)29)37(26(39)38(22)18-14-41-15-18)13-17-5-4-16(12-32-17)24-33-34-25(42-24)23(30)31/h4-5,10-12,18,23H,6-9,13-15H2,1-3H3. The fraction of sp³-hybridized carbons (Fsp3) is 0.464.